The van der Waals surface area contributed by atoms with E-state index in [-0.39, 0.29) is 33.9 Å². The number of carboxylic acid groups (broad SMARTS) is 1. The standard InChI is InChI=1S/C6H9NO2.CH4.Re/c8-6(9)5-3-1-2-4-7-5;;/h1-2,5,7H,3-4H2,(H,8,9);1H4;. The summed E-state index contributed by atoms with van der Waals surface area (Å²) in [5.41, 5.74) is 0. The molecule has 0 bridgehead atoms. The van der Waals surface area contributed by atoms with Crippen molar-refractivity contribution in [2.24, 2.45) is 0 Å². The van der Waals surface area contributed by atoms with Crippen LogP contribution in [0.1, 0.15) is 13.8 Å². The Morgan fingerprint density at radius 3 is 2.45 bits per heavy atom. The van der Waals surface area contributed by atoms with Crippen LogP contribution in [-0.2, 0) is 25.2 Å². The van der Waals surface area contributed by atoms with Crippen molar-refractivity contribution in [2.45, 2.75) is 19.9 Å². The Labute approximate surface area is 80.5 Å². The fraction of sp³-hybridized carbons (Fsp3) is 0.571. The summed E-state index contributed by atoms with van der Waals surface area (Å²) in [6, 6.07) is -0.366. The summed E-state index contributed by atoms with van der Waals surface area (Å²) in [6.07, 6.45) is 4.42. The van der Waals surface area contributed by atoms with Gasteiger partial charge in [0, 0.05) is 27.0 Å². The number of hydrogen-bond acceptors (Lipinski definition) is 2. The molecule has 1 aliphatic heterocycles. The number of nitrogens with one attached hydrogen (secondary N) is 1. The van der Waals surface area contributed by atoms with E-state index in [1.807, 2.05) is 12.2 Å². The zero-order valence-corrected chi connectivity index (χ0v) is 8.10. The molecular formula is C7H13NO2Re. The number of rotatable bonds is 1. The Hall–Kier alpha value is -0.168. The largest absolute Gasteiger partial charge is 0.480 e. The van der Waals surface area contributed by atoms with Gasteiger partial charge in [-0.3, -0.25) is 4.79 Å². The van der Waals surface area contributed by atoms with Gasteiger partial charge in [0.1, 0.15) is 6.04 Å². The minimum atomic E-state index is -0.764. The van der Waals surface area contributed by atoms with Gasteiger partial charge in [0.05, 0.1) is 0 Å². The molecule has 1 rings (SSSR count). The minimum Gasteiger partial charge on any atom is -0.480 e. The van der Waals surface area contributed by atoms with Gasteiger partial charge in [-0.05, 0) is 6.42 Å². The second-order valence-electron chi connectivity index (χ2n) is 2.01. The maximum absolute atomic E-state index is 10.3. The van der Waals surface area contributed by atoms with Crippen LogP contribution in [0.5, 0.6) is 0 Å². The van der Waals surface area contributed by atoms with E-state index in [1.165, 1.54) is 0 Å². The summed E-state index contributed by atoms with van der Waals surface area (Å²) in [4.78, 5) is 10.3. The quantitative estimate of drug-likeness (QED) is 0.694. The average Bonchev–Trinajstić information content (AvgIpc) is 1.90. The van der Waals surface area contributed by atoms with Crippen LogP contribution in [0.4, 0.5) is 0 Å². The Bertz CT molecular complexity index is 147. The molecule has 1 unspecified atom stereocenters. The van der Waals surface area contributed by atoms with Crippen LogP contribution in [0.3, 0.4) is 0 Å². The van der Waals surface area contributed by atoms with E-state index >= 15 is 0 Å². The molecule has 3 nitrogen and oxygen atoms in total. The predicted octanol–water partition coefficient (Wildman–Crippen LogP) is 0.623. The number of carbonyl (C=O) groups is 1. The molecule has 0 spiro atoms. The van der Waals surface area contributed by atoms with Crippen LogP contribution >= 0.6 is 0 Å². The predicted molar refractivity (Wildman–Crippen MR) is 39.9 cm³/mol. The van der Waals surface area contributed by atoms with Crippen molar-refractivity contribution in [3.63, 3.8) is 0 Å². The molecular weight excluding hydrogens is 316 g/mol. The molecule has 0 saturated heterocycles. The van der Waals surface area contributed by atoms with Crippen molar-refractivity contribution in [3.8, 4) is 0 Å². The van der Waals surface area contributed by atoms with Gasteiger partial charge < -0.3 is 10.4 Å². The zero-order chi connectivity index (χ0) is 6.69. The fourth-order valence-electron chi connectivity index (χ4n) is 0.797. The molecule has 0 aromatic heterocycles. The normalized spacial score (nSPS) is 21.3. The number of aliphatic carboxylic acids is 1. The molecule has 0 saturated carbocycles. The second kappa shape index (κ2) is 6.54. The van der Waals surface area contributed by atoms with Crippen molar-refractivity contribution < 1.29 is 30.3 Å². The van der Waals surface area contributed by atoms with E-state index < -0.39 is 5.97 Å². The van der Waals surface area contributed by atoms with Gasteiger partial charge in [0.2, 0.25) is 0 Å². The molecule has 0 aliphatic carbocycles. The molecule has 0 fully saturated rings. The first-order valence-corrected chi connectivity index (χ1v) is 2.92. The Kier molecular flexibility index (Phi) is 7.98. The smallest absolute Gasteiger partial charge is 0.321 e. The van der Waals surface area contributed by atoms with E-state index in [0.29, 0.717) is 13.0 Å². The third-order valence-corrected chi connectivity index (χ3v) is 1.32. The topological polar surface area (TPSA) is 49.3 Å². The van der Waals surface area contributed by atoms with Crippen molar-refractivity contribution >= 4 is 5.97 Å². The van der Waals surface area contributed by atoms with Crippen molar-refractivity contribution in [1.82, 2.24) is 5.32 Å². The second-order valence-corrected chi connectivity index (χ2v) is 2.01. The van der Waals surface area contributed by atoms with Crippen molar-refractivity contribution in [2.75, 3.05) is 6.54 Å². The zero-order valence-electron chi connectivity index (χ0n) is 5.38. The van der Waals surface area contributed by atoms with Gasteiger partial charge in [-0.2, -0.15) is 0 Å². The first-order valence-electron chi connectivity index (χ1n) is 2.92. The Balaban J connectivity index is 0. The van der Waals surface area contributed by atoms with Crippen molar-refractivity contribution in [1.29, 1.82) is 0 Å². The van der Waals surface area contributed by atoms with E-state index in [2.05, 4.69) is 5.32 Å². The molecule has 1 atom stereocenters. The Morgan fingerprint density at radius 2 is 2.18 bits per heavy atom. The van der Waals surface area contributed by atoms with E-state index in [4.69, 9.17) is 5.11 Å². The van der Waals surface area contributed by atoms with E-state index in [9.17, 15) is 4.79 Å². The SMILES string of the molecule is C.O=C(O)C1CC=CCN1.[Re]. The molecule has 2 N–H and O–H groups in total. The van der Waals surface area contributed by atoms with Gasteiger partial charge in [-0.25, -0.2) is 0 Å². The third kappa shape index (κ3) is 4.31. The average molecular weight is 329 g/mol. The molecule has 1 heterocycles. The van der Waals surface area contributed by atoms with Crippen LogP contribution < -0.4 is 5.32 Å². The summed E-state index contributed by atoms with van der Waals surface area (Å²) >= 11 is 0. The van der Waals surface area contributed by atoms with Gasteiger partial charge >= 0.3 is 5.97 Å². The van der Waals surface area contributed by atoms with Gasteiger partial charge in [-0.15, -0.1) is 0 Å². The van der Waals surface area contributed by atoms with Crippen LogP contribution in [-0.4, -0.2) is 23.7 Å². The fourth-order valence-corrected chi connectivity index (χ4v) is 0.797. The number of carboxylic acids is 1. The first-order chi connectivity index (χ1) is 4.30. The first kappa shape index (κ1) is 13.4. The Morgan fingerprint density at radius 1 is 1.55 bits per heavy atom. The summed E-state index contributed by atoms with van der Waals surface area (Å²) in [6.45, 7) is 0.678. The molecule has 0 aromatic carbocycles. The van der Waals surface area contributed by atoms with Crippen molar-refractivity contribution in [3.05, 3.63) is 12.2 Å². The molecule has 11 heavy (non-hydrogen) atoms. The van der Waals surface area contributed by atoms with E-state index in [0.717, 1.165) is 0 Å². The molecule has 0 amide bonds. The maximum atomic E-state index is 10.3. The minimum absolute atomic E-state index is 0. The molecule has 4 heteroatoms. The summed E-state index contributed by atoms with van der Waals surface area (Å²) in [5, 5.41) is 11.3. The molecule has 1 aliphatic rings. The van der Waals surface area contributed by atoms with Gasteiger partial charge in [-0.1, -0.05) is 19.6 Å². The van der Waals surface area contributed by atoms with Crippen LogP contribution in [0.25, 0.3) is 0 Å². The third-order valence-electron chi connectivity index (χ3n) is 1.32. The molecule has 65 valence electrons. The molecule has 0 aromatic rings. The van der Waals surface area contributed by atoms with Crippen LogP contribution in [0, 0.1) is 0 Å². The van der Waals surface area contributed by atoms with Gasteiger partial charge in [0.25, 0.3) is 0 Å². The summed E-state index contributed by atoms with van der Waals surface area (Å²) < 4.78 is 0. The van der Waals surface area contributed by atoms with Crippen LogP contribution in [0.15, 0.2) is 12.2 Å². The maximum Gasteiger partial charge on any atom is 0.321 e. The van der Waals surface area contributed by atoms with Crippen LogP contribution in [0.2, 0.25) is 0 Å². The summed E-state index contributed by atoms with van der Waals surface area (Å²) in [5.74, 6) is -0.764. The van der Waals surface area contributed by atoms with E-state index in [1.54, 1.807) is 0 Å². The summed E-state index contributed by atoms with van der Waals surface area (Å²) in [7, 11) is 0. The van der Waals surface area contributed by atoms with Gasteiger partial charge in [0.15, 0.2) is 0 Å². The number of hydrogen-bond donors (Lipinski definition) is 2. The monoisotopic (exact) mass is 330 g/mol. The molecule has 1 radical (unpaired) electrons.